The van der Waals surface area contributed by atoms with Crippen molar-refractivity contribution in [1.82, 2.24) is 0 Å². The third kappa shape index (κ3) is 7.08. The van der Waals surface area contributed by atoms with Crippen molar-refractivity contribution in [2.45, 2.75) is 122 Å². The van der Waals surface area contributed by atoms with E-state index in [1.165, 1.54) is 54.4 Å². The Morgan fingerprint density at radius 3 is 1.88 bits per heavy atom. The first kappa shape index (κ1) is 24.8. The number of hydrogen-bond donors (Lipinski definition) is 1. The first-order valence-corrected chi connectivity index (χ1v) is 12.8. The van der Waals surface area contributed by atoms with Crippen molar-refractivity contribution in [3.63, 3.8) is 0 Å². The van der Waals surface area contributed by atoms with Gasteiger partial charge < -0.3 is 9.84 Å². The van der Waals surface area contributed by atoms with Crippen molar-refractivity contribution >= 4 is 12.4 Å². The zero-order chi connectivity index (χ0) is 23.0. The summed E-state index contributed by atoms with van der Waals surface area (Å²) in [4.78, 5) is 21.8. The molecule has 0 aromatic heterocycles. The fourth-order valence-electron chi connectivity index (χ4n) is 5.17. The fraction of sp³-hybridized carbons (Fsp3) is 0.714. The minimum atomic E-state index is -0.584. The normalized spacial score (nSPS) is 17.7. The lowest BCUT2D eigenvalue weighted by atomic mass is 9.92. The second-order valence-electron chi connectivity index (χ2n) is 10.5. The molecule has 2 aliphatic carbocycles. The number of unbranched alkanes of at least 4 members (excludes halogenated alkanes) is 6. The maximum atomic E-state index is 11.3. The number of carbonyl (C=O) groups excluding carboxylic acids is 1. The van der Waals surface area contributed by atoms with Crippen LogP contribution in [0.4, 0.5) is 0 Å². The Morgan fingerprint density at radius 2 is 1.41 bits per heavy atom. The molecule has 4 nitrogen and oxygen atoms in total. The van der Waals surface area contributed by atoms with E-state index in [9.17, 15) is 14.7 Å². The molecule has 1 aromatic rings. The van der Waals surface area contributed by atoms with Crippen LogP contribution in [0.5, 0.6) is 0 Å². The van der Waals surface area contributed by atoms with Crippen molar-refractivity contribution in [2.75, 3.05) is 0 Å². The molecule has 0 bridgehead atoms. The van der Waals surface area contributed by atoms with Gasteiger partial charge in [0.2, 0.25) is 0 Å². The summed E-state index contributed by atoms with van der Waals surface area (Å²) in [5.41, 5.74) is 5.37. The number of ether oxygens (including phenoxy) is 1. The molecule has 1 aromatic carbocycles. The van der Waals surface area contributed by atoms with Crippen molar-refractivity contribution in [3.05, 3.63) is 34.4 Å². The monoisotopic (exact) mass is 442 g/mol. The standard InChI is InChI=1S/C28H42O4/c1-22-19-24(11-7-3-5-9-13-27(15-16-27)26(30)31)23(2)25(20-22)12-8-4-6-10-14-28(17-18-28)32-21-29/h19-21H,3-18H2,1-2H3,(H,30,31). The minimum Gasteiger partial charge on any atom is -0.481 e. The summed E-state index contributed by atoms with van der Waals surface area (Å²) in [6.45, 7) is 5.10. The van der Waals surface area contributed by atoms with Gasteiger partial charge in [0.25, 0.3) is 6.47 Å². The molecule has 178 valence electrons. The summed E-state index contributed by atoms with van der Waals surface area (Å²) >= 11 is 0. The smallest absolute Gasteiger partial charge is 0.309 e. The predicted octanol–water partition coefficient (Wildman–Crippen LogP) is 6.86. The van der Waals surface area contributed by atoms with E-state index in [1.807, 2.05) is 0 Å². The van der Waals surface area contributed by atoms with Gasteiger partial charge in [-0.05, 0) is 101 Å². The molecule has 3 rings (SSSR count). The average Bonchev–Trinajstić information content (AvgIpc) is 3.67. The van der Waals surface area contributed by atoms with Crippen LogP contribution in [0.25, 0.3) is 0 Å². The van der Waals surface area contributed by atoms with Gasteiger partial charge in [-0.1, -0.05) is 49.8 Å². The van der Waals surface area contributed by atoms with E-state index < -0.39 is 5.97 Å². The largest absolute Gasteiger partial charge is 0.481 e. The van der Waals surface area contributed by atoms with Crippen LogP contribution in [-0.2, 0) is 27.2 Å². The summed E-state index contributed by atoms with van der Waals surface area (Å²) < 4.78 is 5.24. The Balaban J connectivity index is 1.32. The van der Waals surface area contributed by atoms with Crippen LogP contribution in [0.15, 0.2) is 12.1 Å². The summed E-state index contributed by atoms with van der Waals surface area (Å²) in [5.74, 6) is -0.584. The number of aliphatic carboxylic acids is 1. The number of hydrogen-bond acceptors (Lipinski definition) is 3. The number of rotatable bonds is 17. The van der Waals surface area contributed by atoms with Crippen LogP contribution in [0.1, 0.15) is 112 Å². The van der Waals surface area contributed by atoms with Gasteiger partial charge in [-0.3, -0.25) is 9.59 Å². The van der Waals surface area contributed by atoms with Crippen molar-refractivity contribution in [3.8, 4) is 0 Å². The fourth-order valence-corrected chi connectivity index (χ4v) is 5.17. The van der Waals surface area contributed by atoms with E-state index in [2.05, 4.69) is 26.0 Å². The molecule has 2 saturated carbocycles. The van der Waals surface area contributed by atoms with Gasteiger partial charge in [0.15, 0.2) is 0 Å². The van der Waals surface area contributed by atoms with Crippen LogP contribution in [0.2, 0.25) is 0 Å². The Morgan fingerprint density at radius 1 is 0.875 bits per heavy atom. The number of carbonyl (C=O) groups is 2. The highest BCUT2D eigenvalue weighted by atomic mass is 16.5. The molecule has 0 radical (unpaired) electrons. The molecule has 1 N–H and O–H groups in total. The van der Waals surface area contributed by atoms with Crippen molar-refractivity contribution < 1.29 is 19.4 Å². The highest BCUT2D eigenvalue weighted by Gasteiger charge is 2.49. The quantitative estimate of drug-likeness (QED) is 0.211. The van der Waals surface area contributed by atoms with Gasteiger partial charge in [0, 0.05) is 0 Å². The molecular weight excluding hydrogens is 400 g/mol. The maximum absolute atomic E-state index is 11.3. The second kappa shape index (κ2) is 11.3. The molecule has 0 spiro atoms. The van der Waals surface area contributed by atoms with E-state index in [0.717, 1.165) is 70.6 Å². The van der Waals surface area contributed by atoms with Gasteiger partial charge in [-0.15, -0.1) is 0 Å². The van der Waals surface area contributed by atoms with Crippen LogP contribution in [0.3, 0.4) is 0 Å². The SMILES string of the molecule is Cc1cc(CCCCCCC2(OC=O)CC2)c(C)c(CCCCCCC2(C(=O)O)CC2)c1. The lowest BCUT2D eigenvalue weighted by Crippen LogP contribution is -2.14. The predicted molar refractivity (Wildman–Crippen MR) is 128 cm³/mol. The minimum absolute atomic E-state index is 0.0979. The molecule has 4 heteroatoms. The third-order valence-corrected chi connectivity index (χ3v) is 7.86. The number of aryl methyl sites for hydroxylation is 3. The summed E-state index contributed by atoms with van der Waals surface area (Å²) in [6.07, 6.45) is 17.4. The van der Waals surface area contributed by atoms with Gasteiger partial charge >= 0.3 is 5.97 Å². The number of carboxylic acids is 1. The molecule has 0 amide bonds. The molecule has 0 heterocycles. The second-order valence-corrected chi connectivity index (χ2v) is 10.5. The molecule has 32 heavy (non-hydrogen) atoms. The van der Waals surface area contributed by atoms with Crippen LogP contribution in [0, 0.1) is 19.3 Å². The van der Waals surface area contributed by atoms with Gasteiger partial charge in [0.1, 0.15) is 5.60 Å². The topological polar surface area (TPSA) is 63.6 Å². The number of benzene rings is 1. The van der Waals surface area contributed by atoms with Gasteiger partial charge in [0.05, 0.1) is 5.41 Å². The lowest BCUT2D eigenvalue weighted by molar-refractivity contribution is -0.143. The van der Waals surface area contributed by atoms with Gasteiger partial charge in [-0.25, -0.2) is 0 Å². The highest BCUT2D eigenvalue weighted by Crippen LogP contribution is 2.50. The van der Waals surface area contributed by atoms with E-state index in [-0.39, 0.29) is 11.0 Å². The Hall–Kier alpha value is -1.84. The first-order chi connectivity index (χ1) is 15.4. The van der Waals surface area contributed by atoms with E-state index >= 15 is 0 Å². The Bertz CT molecular complexity index is 774. The molecule has 2 aliphatic rings. The van der Waals surface area contributed by atoms with E-state index in [1.54, 1.807) is 0 Å². The van der Waals surface area contributed by atoms with E-state index in [4.69, 9.17) is 4.74 Å². The van der Waals surface area contributed by atoms with Crippen LogP contribution < -0.4 is 0 Å². The zero-order valence-corrected chi connectivity index (χ0v) is 20.2. The average molecular weight is 443 g/mol. The lowest BCUT2D eigenvalue weighted by Gasteiger charge is -2.14. The highest BCUT2D eigenvalue weighted by molar-refractivity contribution is 5.77. The molecular formula is C28H42O4. The summed E-state index contributed by atoms with van der Waals surface area (Å²) in [5, 5.41) is 9.28. The van der Waals surface area contributed by atoms with Crippen LogP contribution in [-0.4, -0.2) is 23.1 Å². The molecule has 0 saturated heterocycles. The molecule has 0 unspecified atom stereocenters. The molecule has 0 aliphatic heterocycles. The maximum Gasteiger partial charge on any atom is 0.309 e. The summed E-state index contributed by atoms with van der Waals surface area (Å²) in [6, 6.07) is 4.71. The van der Waals surface area contributed by atoms with Crippen molar-refractivity contribution in [1.29, 1.82) is 0 Å². The molecule has 2 fully saturated rings. The van der Waals surface area contributed by atoms with Crippen molar-refractivity contribution in [2.24, 2.45) is 5.41 Å². The van der Waals surface area contributed by atoms with Crippen LogP contribution >= 0.6 is 0 Å². The molecule has 0 atom stereocenters. The first-order valence-electron chi connectivity index (χ1n) is 12.8. The number of carboxylic acid groups (broad SMARTS) is 1. The Labute approximate surface area is 194 Å². The van der Waals surface area contributed by atoms with Gasteiger partial charge in [-0.2, -0.15) is 0 Å². The Kier molecular flexibility index (Phi) is 8.79. The third-order valence-electron chi connectivity index (χ3n) is 7.86. The summed E-state index contributed by atoms with van der Waals surface area (Å²) in [7, 11) is 0. The van der Waals surface area contributed by atoms with E-state index in [0.29, 0.717) is 6.47 Å². The zero-order valence-electron chi connectivity index (χ0n) is 20.2.